The van der Waals surface area contributed by atoms with Gasteiger partial charge in [0.1, 0.15) is 11.6 Å². The highest BCUT2D eigenvalue weighted by atomic mass is 19.1. The summed E-state index contributed by atoms with van der Waals surface area (Å²) in [5, 5.41) is 0. The van der Waals surface area contributed by atoms with Crippen LogP contribution in [0.1, 0.15) is 17.8 Å². The number of halogens is 1. The van der Waals surface area contributed by atoms with Crippen LogP contribution >= 0.6 is 0 Å². The number of fused-ring (bicyclic) bond motifs is 1. The number of hydrogen-bond donors (Lipinski definition) is 1. The van der Waals surface area contributed by atoms with Crippen LogP contribution < -0.4 is 5.73 Å². The average molecular weight is 245 g/mol. The lowest BCUT2D eigenvalue weighted by Crippen LogP contribution is -2.30. The molecule has 1 aromatic heterocycles. The van der Waals surface area contributed by atoms with Crippen molar-refractivity contribution < 1.29 is 4.39 Å². The molecule has 1 atom stereocenters. The van der Waals surface area contributed by atoms with Crippen LogP contribution in [0.2, 0.25) is 0 Å². The predicted octanol–water partition coefficient (Wildman–Crippen LogP) is 2.27. The van der Waals surface area contributed by atoms with Crippen molar-refractivity contribution in [3.8, 4) is 11.3 Å². The summed E-state index contributed by atoms with van der Waals surface area (Å²) in [6.07, 6.45) is 3.85. The summed E-state index contributed by atoms with van der Waals surface area (Å²) in [5.74, 6) is 0.857. The van der Waals surface area contributed by atoms with E-state index in [9.17, 15) is 4.39 Å². The Labute approximate surface area is 105 Å². The van der Waals surface area contributed by atoms with Gasteiger partial charge < -0.3 is 10.3 Å². The van der Waals surface area contributed by atoms with E-state index in [1.54, 1.807) is 13.0 Å². The molecule has 1 aliphatic rings. The van der Waals surface area contributed by atoms with Gasteiger partial charge in [0.25, 0.3) is 0 Å². The largest absolute Gasteiger partial charge is 0.334 e. The number of benzene rings is 1. The molecule has 4 heteroatoms. The van der Waals surface area contributed by atoms with Gasteiger partial charge in [-0.05, 0) is 37.1 Å². The number of hydrogen-bond acceptors (Lipinski definition) is 2. The van der Waals surface area contributed by atoms with Crippen LogP contribution in [0.25, 0.3) is 11.3 Å². The number of aryl methyl sites for hydroxylation is 2. The van der Waals surface area contributed by atoms with Gasteiger partial charge in [0.15, 0.2) is 0 Å². The van der Waals surface area contributed by atoms with Crippen molar-refractivity contribution in [3.63, 3.8) is 0 Å². The molecule has 2 aromatic rings. The molecule has 94 valence electrons. The van der Waals surface area contributed by atoms with Crippen LogP contribution in [-0.4, -0.2) is 15.6 Å². The van der Waals surface area contributed by atoms with Gasteiger partial charge in [0, 0.05) is 30.8 Å². The summed E-state index contributed by atoms with van der Waals surface area (Å²) < 4.78 is 15.4. The van der Waals surface area contributed by atoms with Gasteiger partial charge >= 0.3 is 0 Å². The Hall–Kier alpha value is -1.68. The number of nitrogens with zero attached hydrogens (tertiary/aromatic N) is 2. The van der Waals surface area contributed by atoms with E-state index in [2.05, 4.69) is 9.55 Å². The third kappa shape index (κ3) is 1.93. The third-order valence-electron chi connectivity index (χ3n) is 3.50. The molecule has 0 saturated heterocycles. The average Bonchev–Trinajstić information content (AvgIpc) is 2.75. The SMILES string of the molecule is Cc1cc(-c2cn3c(n2)CC(N)CC3)ccc1F. The van der Waals surface area contributed by atoms with E-state index >= 15 is 0 Å². The fourth-order valence-electron chi connectivity index (χ4n) is 2.40. The monoisotopic (exact) mass is 245 g/mol. The standard InChI is InChI=1S/C14H16FN3/c1-9-6-10(2-3-12(9)15)13-8-18-5-4-11(16)7-14(18)17-13/h2-3,6,8,11H,4-5,7,16H2,1H3. The topological polar surface area (TPSA) is 43.8 Å². The van der Waals surface area contributed by atoms with Crippen molar-refractivity contribution in [3.05, 3.63) is 41.6 Å². The normalized spacial score (nSPS) is 18.7. The molecule has 3 nitrogen and oxygen atoms in total. The maximum absolute atomic E-state index is 13.3. The molecule has 0 fully saturated rings. The predicted molar refractivity (Wildman–Crippen MR) is 68.7 cm³/mol. The molecule has 0 aliphatic carbocycles. The van der Waals surface area contributed by atoms with Crippen LogP contribution in [0.5, 0.6) is 0 Å². The van der Waals surface area contributed by atoms with Crippen LogP contribution in [-0.2, 0) is 13.0 Å². The Morgan fingerprint density at radius 1 is 1.44 bits per heavy atom. The molecule has 1 aromatic carbocycles. The molecular weight excluding hydrogens is 229 g/mol. The van der Waals surface area contributed by atoms with E-state index in [1.165, 1.54) is 6.07 Å². The fourth-order valence-corrected chi connectivity index (χ4v) is 2.40. The molecule has 0 radical (unpaired) electrons. The van der Waals surface area contributed by atoms with E-state index in [0.717, 1.165) is 36.5 Å². The number of imidazole rings is 1. The number of rotatable bonds is 1. The lowest BCUT2D eigenvalue weighted by molar-refractivity contribution is 0.463. The Morgan fingerprint density at radius 2 is 2.28 bits per heavy atom. The molecular formula is C14H16FN3. The van der Waals surface area contributed by atoms with Crippen molar-refractivity contribution in [1.29, 1.82) is 0 Å². The molecule has 1 aliphatic heterocycles. The van der Waals surface area contributed by atoms with Crippen LogP contribution in [0.4, 0.5) is 4.39 Å². The lowest BCUT2D eigenvalue weighted by Gasteiger charge is -2.18. The fraction of sp³-hybridized carbons (Fsp3) is 0.357. The molecule has 0 saturated carbocycles. The molecule has 3 rings (SSSR count). The van der Waals surface area contributed by atoms with Crippen LogP contribution in [0.3, 0.4) is 0 Å². The van der Waals surface area contributed by atoms with E-state index < -0.39 is 0 Å². The van der Waals surface area contributed by atoms with Crippen LogP contribution in [0, 0.1) is 12.7 Å². The minimum atomic E-state index is -0.176. The maximum Gasteiger partial charge on any atom is 0.126 e. The number of aromatic nitrogens is 2. The molecule has 2 N–H and O–H groups in total. The first-order valence-electron chi connectivity index (χ1n) is 6.21. The van der Waals surface area contributed by atoms with Gasteiger partial charge in [-0.3, -0.25) is 0 Å². The van der Waals surface area contributed by atoms with E-state index in [0.29, 0.717) is 5.56 Å². The molecule has 0 bridgehead atoms. The first-order chi connectivity index (χ1) is 8.63. The zero-order valence-electron chi connectivity index (χ0n) is 10.4. The maximum atomic E-state index is 13.3. The molecule has 1 unspecified atom stereocenters. The van der Waals surface area contributed by atoms with Crippen molar-refractivity contribution in [2.75, 3.05) is 0 Å². The first kappa shape index (κ1) is 11.4. The van der Waals surface area contributed by atoms with Gasteiger partial charge in [0.2, 0.25) is 0 Å². The van der Waals surface area contributed by atoms with E-state index in [1.807, 2.05) is 12.3 Å². The Kier molecular flexibility index (Phi) is 2.67. The first-order valence-corrected chi connectivity index (χ1v) is 6.21. The Balaban J connectivity index is 2.00. The smallest absolute Gasteiger partial charge is 0.126 e. The van der Waals surface area contributed by atoms with Gasteiger partial charge in [-0.15, -0.1) is 0 Å². The van der Waals surface area contributed by atoms with Crippen molar-refractivity contribution >= 4 is 0 Å². The van der Waals surface area contributed by atoms with E-state index in [-0.39, 0.29) is 11.9 Å². The third-order valence-corrected chi connectivity index (χ3v) is 3.50. The Morgan fingerprint density at radius 3 is 3.06 bits per heavy atom. The zero-order valence-corrected chi connectivity index (χ0v) is 10.4. The van der Waals surface area contributed by atoms with Crippen LogP contribution in [0.15, 0.2) is 24.4 Å². The molecule has 0 amide bonds. The highest BCUT2D eigenvalue weighted by molar-refractivity contribution is 5.59. The van der Waals surface area contributed by atoms with Gasteiger partial charge in [0.05, 0.1) is 5.69 Å². The molecule has 0 spiro atoms. The minimum Gasteiger partial charge on any atom is -0.334 e. The summed E-state index contributed by atoms with van der Waals surface area (Å²) in [4.78, 5) is 4.60. The molecule has 2 heterocycles. The summed E-state index contributed by atoms with van der Waals surface area (Å²) >= 11 is 0. The van der Waals surface area contributed by atoms with Crippen molar-refractivity contribution in [2.24, 2.45) is 5.73 Å². The lowest BCUT2D eigenvalue weighted by atomic mass is 10.1. The summed E-state index contributed by atoms with van der Waals surface area (Å²) in [6, 6.07) is 5.32. The second-order valence-corrected chi connectivity index (χ2v) is 4.95. The minimum absolute atomic E-state index is 0.176. The summed E-state index contributed by atoms with van der Waals surface area (Å²) in [6.45, 7) is 2.69. The van der Waals surface area contributed by atoms with E-state index in [4.69, 9.17) is 5.73 Å². The van der Waals surface area contributed by atoms with Gasteiger partial charge in [-0.25, -0.2) is 9.37 Å². The second kappa shape index (κ2) is 4.21. The van der Waals surface area contributed by atoms with Gasteiger partial charge in [-0.1, -0.05) is 0 Å². The quantitative estimate of drug-likeness (QED) is 0.837. The summed E-state index contributed by atoms with van der Waals surface area (Å²) in [7, 11) is 0. The highest BCUT2D eigenvalue weighted by Gasteiger charge is 2.18. The Bertz CT molecular complexity index is 589. The summed E-state index contributed by atoms with van der Waals surface area (Å²) in [5.41, 5.74) is 8.45. The molecule has 18 heavy (non-hydrogen) atoms. The van der Waals surface area contributed by atoms with Crippen molar-refractivity contribution in [2.45, 2.75) is 32.4 Å². The highest BCUT2D eigenvalue weighted by Crippen LogP contribution is 2.23. The number of nitrogens with two attached hydrogens (primary N) is 1. The zero-order chi connectivity index (χ0) is 12.7. The second-order valence-electron chi connectivity index (χ2n) is 4.95. The van der Waals surface area contributed by atoms with Gasteiger partial charge in [-0.2, -0.15) is 0 Å². The van der Waals surface area contributed by atoms with Crippen molar-refractivity contribution in [1.82, 2.24) is 9.55 Å².